The summed E-state index contributed by atoms with van der Waals surface area (Å²) in [6.45, 7) is 4.06. The molecule has 0 spiro atoms. The van der Waals surface area contributed by atoms with E-state index in [-0.39, 0.29) is 0 Å². The fourth-order valence-electron chi connectivity index (χ4n) is 1.70. The SMILES string of the molecule is CCCNC(=NC)NCc1ccc2c(c1)OCO2. The first-order valence-corrected chi connectivity index (χ1v) is 6.16. The van der Waals surface area contributed by atoms with Crippen LogP contribution in [0.2, 0.25) is 0 Å². The van der Waals surface area contributed by atoms with Crippen molar-refractivity contribution in [3.8, 4) is 11.5 Å². The summed E-state index contributed by atoms with van der Waals surface area (Å²) < 4.78 is 10.6. The van der Waals surface area contributed by atoms with Crippen molar-refractivity contribution in [2.45, 2.75) is 19.9 Å². The average Bonchev–Trinajstić information content (AvgIpc) is 2.86. The van der Waals surface area contributed by atoms with Gasteiger partial charge in [-0.05, 0) is 24.1 Å². The van der Waals surface area contributed by atoms with E-state index in [9.17, 15) is 0 Å². The maximum absolute atomic E-state index is 5.34. The lowest BCUT2D eigenvalue weighted by atomic mass is 10.2. The molecule has 0 bridgehead atoms. The van der Waals surface area contributed by atoms with E-state index in [2.05, 4.69) is 22.5 Å². The zero-order chi connectivity index (χ0) is 12.8. The van der Waals surface area contributed by atoms with Gasteiger partial charge in [0.2, 0.25) is 6.79 Å². The predicted octanol–water partition coefficient (Wildman–Crippen LogP) is 1.49. The van der Waals surface area contributed by atoms with E-state index in [0.29, 0.717) is 13.3 Å². The summed E-state index contributed by atoms with van der Waals surface area (Å²) in [5.41, 5.74) is 1.14. The molecule has 98 valence electrons. The summed E-state index contributed by atoms with van der Waals surface area (Å²) in [7, 11) is 1.77. The van der Waals surface area contributed by atoms with Gasteiger partial charge in [0.25, 0.3) is 0 Å². The monoisotopic (exact) mass is 249 g/mol. The minimum absolute atomic E-state index is 0.311. The summed E-state index contributed by atoms with van der Waals surface area (Å²) >= 11 is 0. The lowest BCUT2D eigenvalue weighted by Gasteiger charge is -2.11. The Morgan fingerprint density at radius 1 is 1.28 bits per heavy atom. The van der Waals surface area contributed by atoms with Crippen LogP contribution in [0.1, 0.15) is 18.9 Å². The summed E-state index contributed by atoms with van der Waals surface area (Å²) in [6.07, 6.45) is 1.07. The molecule has 0 amide bonds. The van der Waals surface area contributed by atoms with Crippen LogP contribution >= 0.6 is 0 Å². The Morgan fingerprint density at radius 3 is 2.89 bits per heavy atom. The number of fused-ring (bicyclic) bond motifs is 1. The van der Waals surface area contributed by atoms with Gasteiger partial charge in [0.05, 0.1) is 0 Å². The molecule has 5 heteroatoms. The number of hydrogen-bond donors (Lipinski definition) is 2. The van der Waals surface area contributed by atoms with E-state index in [4.69, 9.17) is 9.47 Å². The maximum atomic E-state index is 5.34. The Balaban J connectivity index is 1.89. The molecule has 1 aromatic rings. The van der Waals surface area contributed by atoms with Gasteiger partial charge in [0.15, 0.2) is 17.5 Å². The van der Waals surface area contributed by atoms with E-state index in [1.54, 1.807) is 7.05 Å². The van der Waals surface area contributed by atoms with Crippen LogP contribution in [-0.2, 0) is 6.54 Å². The number of ether oxygens (including phenoxy) is 2. The molecular formula is C13H19N3O2. The zero-order valence-corrected chi connectivity index (χ0v) is 10.8. The number of benzene rings is 1. The normalized spacial score (nSPS) is 13.6. The molecule has 5 nitrogen and oxygen atoms in total. The molecule has 0 saturated carbocycles. The minimum atomic E-state index is 0.311. The van der Waals surface area contributed by atoms with Gasteiger partial charge >= 0.3 is 0 Å². The first kappa shape index (κ1) is 12.5. The molecular weight excluding hydrogens is 230 g/mol. The molecule has 0 aliphatic carbocycles. The van der Waals surface area contributed by atoms with Crippen molar-refractivity contribution in [1.82, 2.24) is 10.6 Å². The van der Waals surface area contributed by atoms with Crippen LogP contribution in [0.25, 0.3) is 0 Å². The lowest BCUT2D eigenvalue weighted by Crippen LogP contribution is -2.37. The number of nitrogens with one attached hydrogen (secondary N) is 2. The van der Waals surface area contributed by atoms with Gasteiger partial charge < -0.3 is 20.1 Å². The molecule has 2 N–H and O–H groups in total. The molecule has 1 heterocycles. The van der Waals surface area contributed by atoms with Crippen molar-refractivity contribution in [2.24, 2.45) is 4.99 Å². The maximum Gasteiger partial charge on any atom is 0.231 e. The molecule has 2 rings (SSSR count). The summed E-state index contributed by atoms with van der Waals surface area (Å²) in [5, 5.41) is 6.48. The van der Waals surface area contributed by atoms with Gasteiger partial charge in [0, 0.05) is 20.1 Å². The predicted molar refractivity (Wildman–Crippen MR) is 71.1 cm³/mol. The summed E-state index contributed by atoms with van der Waals surface area (Å²) in [4.78, 5) is 4.15. The van der Waals surface area contributed by atoms with Crippen LogP contribution in [0.15, 0.2) is 23.2 Å². The molecule has 1 aliphatic rings. The molecule has 0 radical (unpaired) electrons. The topological polar surface area (TPSA) is 54.9 Å². The van der Waals surface area contributed by atoms with E-state index in [0.717, 1.165) is 36.0 Å². The van der Waals surface area contributed by atoms with Crippen molar-refractivity contribution < 1.29 is 9.47 Å². The molecule has 0 unspecified atom stereocenters. The van der Waals surface area contributed by atoms with E-state index in [1.807, 2.05) is 18.2 Å². The van der Waals surface area contributed by atoms with Crippen LogP contribution < -0.4 is 20.1 Å². The van der Waals surface area contributed by atoms with Gasteiger partial charge in [-0.2, -0.15) is 0 Å². The summed E-state index contributed by atoms with van der Waals surface area (Å²) in [5.74, 6) is 2.44. The smallest absolute Gasteiger partial charge is 0.231 e. The Hall–Kier alpha value is -1.91. The van der Waals surface area contributed by atoms with Crippen LogP contribution in [0.4, 0.5) is 0 Å². The third-order valence-electron chi connectivity index (χ3n) is 2.66. The molecule has 1 aliphatic heterocycles. The van der Waals surface area contributed by atoms with Gasteiger partial charge in [-0.1, -0.05) is 13.0 Å². The molecule has 0 atom stereocenters. The first-order valence-electron chi connectivity index (χ1n) is 6.16. The summed E-state index contributed by atoms with van der Waals surface area (Å²) in [6, 6.07) is 5.94. The van der Waals surface area contributed by atoms with Gasteiger partial charge in [-0.25, -0.2) is 0 Å². The number of aliphatic imine (C=N–C) groups is 1. The van der Waals surface area contributed by atoms with Crippen LogP contribution in [-0.4, -0.2) is 26.3 Å². The number of guanidine groups is 1. The fourth-order valence-corrected chi connectivity index (χ4v) is 1.70. The van der Waals surface area contributed by atoms with Crippen molar-refractivity contribution >= 4 is 5.96 Å². The zero-order valence-electron chi connectivity index (χ0n) is 10.8. The Morgan fingerprint density at radius 2 is 2.11 bits per heavy atom. The second kappa shape index (κ2) is 6.14. The largest absolute Gasteiger partial charge is 0.454 e. The number of rotatable bonds is 4. The second-order valence-electron chi connectivity index (χ2n) is 4.04. The Kier molecular flexibility index (Phi) is 4.28. The van der Waals surface area contributed by atoms with Gasteiger partial charge in [0.1, 0.15) is 0 Å². The average molecular weight is 249 g/mol. The number of nitrogens with zero attached hydrogens (tertiary/aromatic N) is 1. The standard InChI is InChI=1S/C13H19N3O2/c1-3-6-15-13(14-2)16-8-10-4-5-11-12(7-10)18-9-17-11/h4-5,7H,3,6,8-9H2,1-2H3,(H2,14,15,16). The Bertz CT molecular complexity index is 432. The van der Waals surface area contributed by atoms with Crippen LogP contribution in [0.3, 0.4) is 0 Å². The second-order valence-corrected chi connectivity index (χ2v) is 4.04. The molecule has 1 aromatic carbocycles. The van der Waals surface area contributed by atoms with Gasteiger partial charge in [-0.3, -0.25) is 4.99 Å². The van der Waals surface area contributed by atoms with Crippen molar-refractivity contribution in [2.75, 3.05) is 20.4 Å². The third-order valence-corrected chi connectivity index (χ3v) is 2.66. The highest BCUT2D eigenvalue weighted by Crippen LogP contribution is 2.32. The molecule has 0 saturated heterocycles. The van der Waals surface area contributed by atoms with Crippen molar-refractivity contribution in [3.63, 3.8) is 0 Å². The van der Waals surface area contributed by atoms with Crippen molar-refractivity contribution in [3.05, 3.63) is 23.8 Å². The molecule has 0 fully saturated rings. The van der Waals surface area contributed by atoms with Gasteiger partial charge in [-0.15, -0.1) is 0 Å². The highest BCUT2D eigenvalue weighted by molar-refractivity contribution is 5.79. The quantitative estimate of drug-likeness (QED) is 0.627. The van der Waals surface area contributed by atoms with E-state index < -0.39 is 0 Å². The number of hydrogen-bond acceptors (Lipinski definition) is 3. The molecule has 0 aromatic heterocycles. The third kappa shape index (κ3) is 3.06. The van der Waals surface area contributed by atoms with E-state index in [1.165, 1.54) is 0 Å². The van der Waals surface area contributed by atoms with Crippen molar-refractivity contribution in [1.29, 1.82) is 0 Å². The van der Waals surface area contributed by atoms with E-state index >= 15 is 0 Å². The molecule has 18 heavy (non-hydrogen) atoms. The highest BCUT2D eigenvalue weighted by atomic mass is 16.7. The Labute approximate surface area is 107 Å². The van der Waals surface area contributed by atoms with Crippen LogP contribution in [0, 0.1) is 0 Å². The minimum Gasteiger partial charge on any atom is -0.454 e. The fraction of sp³-hybridized carbons (Fsp3) is 0.462. The lowest BCUT2D eigenvalue weighted by molar-refractivity contribution is 0.174. The highest BCUT2D eigenvalue weighted by Gasteiger charge is 2.12. The van der Waals surface area contributed by atoms with Crippen LogP contribution in [0.5, 0.6) is 11.5 Å². The first-order chi connectivity index (χ1) is 8.83.